The Hall–Kier alpha value is -2.87. The van der Waals surface area contributed by atoms with Gasteiger partial charge in [-0.1, -0.05) is 23.2 Å². The number of carbonyl (C=O) groups excluding carboxylic acids is 2. The first-order valence-corrected chi connectivity index (χ1v) is 9.45. The van der Waals surface area contributed by atoms with Crippen LogP contribution in [0.15, 0.2) is 53.1 Å². The Morgan fingerprint density at radius 3 is 2.76 bits per heavy atom. The quantitative estimate of drug-likeness (QED) is 0.528. The summed E-state index contributed by atoms with van der Waals surface area (Å²) in [5.41, 5.74) is 0.984. The number of benzene rings is 1. The molecule has 2 amide bonds. The smallest absolute Gasteiger partial charge is 0.254 e. The molecule has 2 aromatic heterocycles. The normalized spacial score (nSPS) is 10.6. The van der Waals surface area contributed by atoms with E-state index in [9.17, 15) is 9.59 Å². The van der Waals surface area contributed by atoms with Gasteiger partial charge in [-0.05, 0) is 42.5 Å². The molecule has 1 aromatic carbocycles. The van der Waals surface area contributed by atoms with Crippen molar-refractivity contribution in [1.82, 2.24) is 15.6 Å². The van der Waals surface area contributed by atoms with Gasteiger partial charge < -0.3 is 20.4 Å². The average Bonchev–Trinajstić information content (AvgIpc) is 3.18. The maximum Gasteiger partial charge on any atom is 0.254 e. The molecule has 2 heterocycles. The van der Waals surface area contributed by atoms with Crippen LogP contribution < -0.4 is 16.0 Å². The third-order valence-corrected chi connectivity index (χ3v) is 4.54. The Labute approximate surface area is 177 Å². The van der Waals surface area contributed by atoms with Gasteiger partial charge in [0.1, 0.15) is 17.3 Å². The van der Waals surface area contributed by atoms with Crippen LogP contribution in [-0.4, -0.2) is 30.4 Å². The molecule has 0 unspecified atom stereocenters. The number of aromatic nitrogens is 1. The summed E-state index contributed by atoms with van der Waals surface area (Å²) in [4.78, 5) is 28.0. The zero-order valence-electron chi connectivity index (χ0n) is 15.5. The van der Waals surface area contributed by atoms with E-state index in [0.29, 0.717) is 33.7 Å². The van der Waals surface area contributed by atoms with Gasteiger partial charge >= 0.3 is 0 Å². The van der Waals surface area contributed by atoms with Crippen molar-refractivity contribution in [3.8, 4) is 11.3 Å². The molecule has 0 saturated carbocycles. The maximum atomic E-state index is 12.2. The third kappa shape index (κ3) is 5.35. The monoisotopic (exact) mass is 432 g/mol. The van der Waals surface area contributed by atoms with Crippen LogP contribution in [0.5, 0.6) is 0 Å². The zero-order chi connectivity index (χ0) is 20.8. The number of hydrogen-bond acceptors (Lipinski definition) is 5. The van der Waals surface area contributed by atoms with E-state index in [-0.39, 0.29) is 29.7 Å². The van der Waals surface area contributed by atoms with E-state index in [1.807, 2.05) is 0 Å². The van der Waals surface area contributed by atoms with Crippen molar-refractivity contribution in [2.75, 3.05) is 18.9 Å². The first-order valence-electron chi connectivity index (χ1n) is 8.69. The number of halogens is 2. The van der Waals surface area contributed by atoms with E-state index in [0.717, 1.165) is 0 Å². The van der Waals surface area contributed by atoms with Crippen LogP contribution in [-0.2, 0) is 11.3 Å². The predicted molar refractivity (Wildman–Crippen MR) is 112 cm³/mol. The Morgan fingerprint density at radius 2 is 1.97 bits per heavy atom. The first kappa shape index (κ1) is 20.9. The minimum atomic E-state index is -0.335. The van der Waals surface area contributed by atoms with Gasteiger partial charge in [-0.3, -0.25) is 9.59 Å². The molecule has 3 rings (SSSR count). The Kier molecular flexibility index (Phi) is 6.87. The van der Waals surface area contributed by atoms with Gasteiger partial charge in [0.05, 0.1) is 23.7 Å². The van der Waals surface area contributed by atoms with Gasteiger partial charge in [0.15, 0.2) is 0 Å². The predicted octanol–water partition coefficient (Wildman–Crippen LogP) is 3.74. The third-order valence-electron chi connectivity index (χ3n) is 3.98. The van der Waals surface area contributed by atoms with E-state index in [4.69, 9.17) is 27.6 Å². The van der Waals surface area contributed by atoms with Gasteiger partial charge in [-0.2, -0.15) is 0 Å². The summed E-state index contributed by atoms with van der Waals surface area (Å²) in [5.74, 6) is 0.757. The lowest BCUT2D eigenvalue weighted by molar-refractivity contribution is -0.115. The number of amides is 2. The van der Waals surface area contributed by atoms with Crippen LogP contribution in [0.3, 0.4) is 0 Å². The molecule has 3 N–H and O–H groups in total. The number of nitrogens with one attached hydrogen (secondary N) is 3. The molecule has 0 fully saturated rings. The molecular weight excluding hydrogens is 415 g/mol. The van der Waals surface area contributed by atoms with Crippen molar-refractivity contribution < 1.29 is 14.0 Å². The van der Waals surface area contributed by atoms with Crippen LogP contribution in [0.2, 0.25) is 10.0 Å². The second-order valence-corrected chi connectivity index (χ2v) is 6.86. The van der Waals surface area contributed by atoms with Crippen molar-refractivity contribution in [3.63, 3.8) is 0 Å². The molecule has 150 valence electrons. The summed E-state index contributed by atoms with van der Waals surface area (Å²) >= 11 is 12.2. The van der Waals surface area contributed by atoms with E-state index in [2.05, 4.69) is 20.9 Å². The van der Waals surface area contributed by atoms with E-state index in [1.165, 1.54) is 13.2 Å². The molecule has 0 atom stereocenters. The lowest BCUT2D eigenvalue weighted by Crippen LogP contribution is -2.29. The molecular formula is C20H18Cl2N4O3. The standard InChI is InChI=1S/C20H18Cl2N4O3/c1-23-20(28)14-3-2-8-25-19(14)26-18(27)11-24-10-13-5-7-17(29-13)15-9-12(21)4-6-16(15)22/h2-9,24H,10-11H2,1H3,(H,23,28)(H,25,26,27). The number of carbonyl (C=O) groups is 2. The Morgan fingerprint density at radius 1 is 1.14 bits per heavy atom. The average molecular weight is 433 g/mol. The van der Waals surface area contributed by atoms with Gasteiger partial charge in [-0.15, -0.1) is 0 Å². The lowest BCUT2D eigenvalue weighted by atomic mass is 10.2. The molecule has 3 aromatic rings. The number of furan rings is 1. The van der Waals surface area contributed by atoms with Gasteiger partial charge in [-0.25, -0.2) is 4.98 Å². The van der Waals surface area contributed by atoms with E-state index >= 15 is 0 Å². The highest BCUT2D eigenvalue weighted by Crippen LogP contribution is 2.31. The first-order chi connectivity index (χ1) is 14.0. The van der Waals surface area contributed by atoms with Crippen molar-refractivity contribution >= 4 is 40.8 Å². The minimum absolute atomic E-state index is 0.0116. The molecule has 7 nitrogen and oxygen atoms in total. The van der Waals surface area contributed by atoms with Crippen molar-refractivity contribution in [2.24, 2.45) is 0 Å². The maximum absolute atomic E-state index is 12.2. The van der Waals surface area contributed by atoms with Crippen LogP contribution in [0.1, 0.15) is 16.1 Å². The number of rotatable bonds is 7. The second-order valence-electron chi connectivity index (χ2n) is 6.02. The molecule has 0 spiro atoms. The highest BCUT2D eigenvalue weighted by atomic mass is 35.5. The molecule has 0 aliphatic rings. The summed E-state index contributed by atoms with van der Waals surface area (Å²) in [5, 5.41) is 9.20. The van der Waals surface area contributed by atoms with Crippen LogP contribution >= 0.6 is 23.2 Å². The second kappa shape index (κ2) is 9.56. The summed E-state index contributed by atoms with van der Waals surface area (Å²) in [6, 6.07) is 11.9. The number of nitrogens with zero attached hydrogens (tertiary/aromatic N) is 1. The van der Waals surface area contributed by atoms with Crippen molar-refractivity contribution in [1.29, 1.82) is 0 Å². The largest absolute Gasteiger partial charge is 0.460 e. The van der Waals surface area contributed by atoms with E-state index < -0.39 is 0 Å². The fraction of sp³-hybridized carbons (Fsp3) is 0.150. The van der Waals surface area contributed by atoms with Gasteiger partial charge in [0.25, 0.3) is 5.91 Å². The van der Waals surface area contributed by atoms with Crippen LogP contribution in [0.25, 0.3) is 11.3 Å². The lowest BCUT2D eigenvalue weighted by Gasteiger charge is -2.09. The van der Waals surface area contributed by atoms with Crippen molar-refractivity contribution in [3.05, 3.63) is 70.0 Å². The van der Waals surface area contributed by atoms with Crippen LogP contribution in [0, 0.1) is 0 Å². The topological polar surface area (TPSA) is 96.3 Å². The molecule has 0 bridgehead atoms. The summed E-state index contributed by atoms with van der Waals surface area (Å²) in [7, 11) is 1.51. The van der Waals surface area contributed by atoms with Gasteiger partial charge in [0, 0.05) is 23.8 Å². The fourth-order valence-electron chi connectivity index (χ4n) is 2.60. The van der Waals surface area contributed by atoms with Crippen LogP contribution in [0.4, 0.5) is 5.82 Å². The fourth-order valence-corrected chi connectivity index (χ4v) is 2.99. The number of anilines is 1. The highest BCUT2D eigenvalue weighted by Gasteiger charge is 2.13. The molecule has 29 heavy (non-hydrogen) atoms. The molecule has 0 radical (unpaired) electrons. The van der Waals surface area contributed by atoms with E-state index in [1.54, 1.807) is 42.5 Å². The SMILES string of the molecule is CNC(=O)c1cccnc1NC(=O)CNCc1ccc(-c2cc(Cl)ccc2Cl)o1. The number of hydrogen-bond donors (Lipinski definition) is 3. The molecule has 0 aliphatic heterocycles. The number of pyridine rings is 1. The molecule has 9 heteroatoms. The Balaban J connectivity index is 1.56. The summed E-state index contributed by atoms with van der Waals surface area (Å²) < 4.78 is 5.77. The zero-order valence-corrected chi connectivity index (χ0v) is 17.0. The highest BCUT2D eigenvalue weighted by molar-refractivity contribution is 6.35. The van der Waals surface area contributed by atoms with Gasteiger partial charge in [0.2, 0.25) is 5.91 Å². The summed E-state index contributed by atoms with van der Waals surface area (Å²) in [6.07, 6.45) is 1.50. The minimum Gasteiger partial charge on any atom is -0.460 e. The molecule has 0 aliphatic carbocycles. The Bertz CT molecular complexity index is 1040. The molecule has 0 saturated heterocycles. The van der Waals surface area contributed by atoms with Crippen molar-refractivity contribution in [2.45, 2.75) is 6.54 Å². The summed E-state index contributed by atoms with van der Waals surface area (Å²) in [6.45, 7) is 0.341.